The number of halogens is 1. The van der Waals surface area contributed by atoms with Gasteiger partial charge in [-0.3, -0.25) is 9.59 Å². The van der Waals surface area contributed by atoms with E-state index < -0.39 is 17.5 Å². The number of carboxylic acid groups (broad SMARTS) is 1. The number of aliphatic carboxylic acids is 1. The fourth-order valence-electron chi connectivity index (χ4n) is 1.96. The Balaban J connectivity index is 1.91. The Morgan fingerprint density at radius 3 is 2.71 bits per heavy atom. The molecule has 1 amide bonds. The first-order chi connectivity index (χ1) is 9.84. The van der Waals surface area contributed by atoms with Crippen LogP contribution in [-0.2, 0) is 9.59 Å². The van der Waals surface area contributed by atoms with Gasteiger partial charge in [-0.1, -0.05) is 17.7 Å². The third kappa shape index (κ3) is 3.67. The minimum Gasteiger partial charge on any atom is -0.481 e. The molecular weight excluding hydrogens is 294 g/mol. The number of benzene rings is 1. The van der Waals surface area contributed by atoms with Crippen LogP contribution in [-0.4, -0.2) is 29.6 Å². The zero-order valence-electron chi connectivity index (χ0n) is 12.0. The Morgan fingerprint density at radius 1 is 1.48 bits per heavy atom. The number of ether oxygens (including phenoxy) is 1. The number of carboxylic acids is 1. The van der Waals surface area contributed by atoms with E-state index in [-0.39, 0.29) is 12.5 Å². The van der Waals surface area contributed by atoms with E-state index in [9.17, 15) is 9.59 Å². The number of nitrogens with one attached hydrogen (secondary N) is 1. The van der Waals surface area contributed by atoms with Gasteiger partial charge in [0, 0.05) is 6.54 Å². The van der Waals surface area contributed by atoms with Crippen molar-refractivity contribution in [2.75, 3.05) is 6.54 Å². The molecule has 1 saturated carbocycles. The van der Waals surface area contributed by atoms with E-state index >= 15 is 0 Å². The van der Waals surface area contributed by atoms with Crippen molar-refractivity contribution in [3.63, 3.8) is 0 Å². The van der Waals surface area contributed by atoms with Gasteiger partial charge in [0.15, 0.2) is 6.10 Å². The molecule has 1 aromatic carbocycles. The van der Waals surface area contributed by atoms with Crippen LogP contribution >= 0.6 is 11.6 Å². The number of hydrogen-bond acceptors (Lipinski definition) is 3. The third-order valence-electron chi connectivity index (χ3n) is 3.67. The van der Waals surface area contributed by atoms with Gasteiger partial charge in [-0.2, -0.15) is 0 Å². The topological polar surface area (TPSA) is 75.6 Å². The molecule has 1 fully saturated rings. The average molecular weight is 312 g/mol. The molecule has 2 rings (SSSR count). The van der Waals surface area contributed by atoms with Crippen molar-refractivity contribution in [2.24, 2.45) is 5.41 Å². The monoisotopic (exact) mass is 311 g/mol. The van der Waals surface area contributed by atoms with Gasteiger partial charge in [-0.05, 0) is 44.4 Å². The summed E-state index contributed by atoms with van der Waals surface area (Å²) in [7, 11) is 0. The molecule has 1 aliphatic rings. The van der Waals surface area contributed by atoms with E-state index in [1.165, 1.54) is 0 Å². The van der Waals surface area contributed by atoms with Gasteiger partial charge in [0.2, 0.25) is 0 Å². The maximum atomic E-state index is 12.0. The van der Waals surface area contributed by atoms with Crippen molar-refractivity contribution in [2.45, 2.75) is 32.8 Å². The van der Waals surface area contributed by atoms with Gasteiger partial charge >= 0.3 is 5.97 Å². The van der Waals surface area contributed by atoms with Crippen LogP contribution in [0.1, 0.15) is 25.3 Å². The lowest BCUT2D eigenvalue weighted by Crippen LogP contribution is -2.41. The van der Waals surface area contributed by atoms with E-state index in [4.69, 9.17) is 21.4 Å². The molecule has 0 spiro atoms. The van der Waals surface area contributed by atoms with Crippen LogP contribution in [0.15, 0.2) is 18.2 Å². The maximum absolute atomic E-state index is 12.0. The van der Waals surface area contributed by atoms with Crippen LogP contribution in [0, 0.1) is 12.3 Å². The lowest BCUT2D eigenvalue weighted by molar-refractivity contribution is -0.143. The van der Waals surface area contributed by atoms with Crippen LogP contribution in [0.4, 0.5) is 0 Å². The summed E-state index contributed by atoms with van der Waals surface area (Å²) < 4.78 is 5.54. The zero-order valence-corrected chi connectivity index (χ0v) is 12.7. The Hall–Kier alpha value is -1.75. The molecule has 0 aromatic heterocycles. The van der Waals surface area contributed by atoms with Gasteiger partial charge in [-0.15, -0.1) is 0 Å². The van der Waals surface area contributed by atoms with Crippen molar-refractivity contribution in [1.82, 2.24) is 5.32 Å². The SMILES string of the molecule is Cc1ccc(Cl)c(OC(C)C(=O)NCC2(C(=O)O)CC2)c1. The first-order valence-electron chi connectivity index (χ1n) is 6.78. The molecule has 0 aliphatic heterocycles. The van der Waals surface area contributed by atoms with Gasteiger partial charge in [-0.25, -0.2) is 0 Å². The van der Waals surface area contributed by atoms with Crippen LogP contribution in [0.5, 0.6) is 5.75 Å². The summed E-state index contributed by atoms with van der Waals surface area (Å²) >= 11 is 6.01. The Kier molecular flexibility index (Phi) is 4.42. The molecular formula is C15H18ClNO4. The normalized spacial score (nSPS) is 16.9. The Morgan fingerprint density at radius 2 is 2.14 bits per heavy atom. The van der Waals surface area contributed by atoms with Crippen molar-refractivity contribution >= 4 is 23.5 Å². The van der Waals surface area contributed by atoms with Crippen molar-refractivity contribution in [1.29, 1.82) is 0 Å². The quantitative estimate of drug-likeness (QED) is 0.846. The fourth-order valence-corrected chi connectivity index (χ4v) is 2.12. The van der Waals surface area contributed by atoms with E-state index in [2.05, 4.69) is 5.32 Å². The first kappa shape index (κ1) is 15.6. The lowest BCUT2D eigenvalue weighted by Gasteiger charge is -2.17. The Bertz CT molecular complexity index is 569. The minimum atomic E-state index is -0.863. The highest BCUT2D eigenvalue weighted by molar-refractivity contribution is 6.32. The van der Waals surface area contributed by atoms with Gasteiger partial charge in [0.1, 0.15) is 5.75 Å². The first-order valence-corrected chi connectivity index (χ1v) is 7.16. The molecule has 0 saturated heterocycles. The van der Waals surface area contributed by atoms with Crippen LogP contribution < -0.4 is 10.1 Å². The highest BCUT2D eigenvalue weighted by Gasteiger charge is 2.50. The summed E-state index contributed by atoms with van der Waals surface area (Å²) in [6.45, 7) is 3.64. The van der Waals surface area contributed by atoms with Gasteiger partial charge in [0.25, 0.3) is 5.91 Å². The number of hydrogen-bond donors (Lipinski definition) is 2. The molecule has 6 heteroatoms. The molecule has 0 heterocycles. The van der Waals surface area contributed by atoms with Crippen molar-refractivity contribution in [3.05, 3.63) is 28.8 Å². The summed E-state index contributed by atoms with van der Waals surface area (Å²) in [6, 6.07) is 5.32. The third-order valence-corrected chi connectivity index (χ3v) is 3.98. The molecule has 114 valence electrons. The predicted octanol–water partition coefficient (Wildman–Crippen LogP) is 2.40. The molecule has 1 aliphatic carbocycles. The minimum absolute atomic E-state index is 0.135. The summed E-state index contributed by atoms with van der Waals surface area (Å²) in [4.78, 5) is 23.0. The molecule has 1 aromatic rings. The van der Waals surface area contributed by atoms with E-state index in [1.54, 1.807) is 19.1 Å². The summed E-state index contributed by atoms with van der Waals surface area (Å²) in [5.41, 5.74) is 0.195. The van der Waals surface area contributed by atoms with E-state index in [0.29, 0.717) is 23.6 Å². The smallest absolute Gasteiger partial charge is 0.311 e. The summed E-state index contributed by atoms with van der Waals surface area (Å²) in [5, 5.41) is 12.1. The van der Waals surface area contributed by atoms with Crippen LogP contribution in [0.2, 0.25) is 5.02 Å². The van der Waals surface area contributed by atoms with Crippen molar-refractivity contribution in [3.8, 4) is 5.75 Å². The molecule has 2 N–H and O–H groups in total. The molecule has 0 bridgehead atoms. The lowest BCUT2D eigenvalue weighted by atomic mass is 10.1. The van der Waals surface area contributed by atoms with Gasteiger partial charge < -0.3 is 15.2 Å². The van der Waals surface area contributed by atoms with Gasteiger partial charge in [0.05, 0.1) is 10.4 Å². The summed E-state index contributed by atoms with van der Waals surface area (Å²) in [6.07, 6.45) is 0.456. The number of aryl methyl sites for hydroxylation is 1. The second-order valence-corrected chi connectivity index (χ2v) is 5.90. The molecule has 0 radical (unpaired) electrons. The Labute approximate surface area is 128 Å². The standard InChI is InChI=1S/C15H18ClNO4/c1-9-3-4-11(16)12(7-9)21-10(2)13(18)17-8-15(5-6-15)14(19)20/h3-4,7,10H,5-6,8H2,1-2H3,(H,17,18)(H,19,20). The van der Waals surface area contributed by atoms with Crippen molar-refractivity contribution < 1.29 is 19.4 Å². The number of amides is 1. The predicted molar refractivity (Wildman–Crippen MR) is 78.6 cm³/mol. The van der Waals surface area contributed by atoms with Crippen LogP contribution in [0.3, 0.4) is 0 Å². The molecule has 5 nitrogen and oxygen atoms in total. The maximum Gasteiger partial charge on any atom is 0.311 e. The van der Waals surface area contributed by atoms with E-state index in [1.807, 2.05) is 13.0 Å². The second kappa shape index (κ2) is 5.93. The fraction of sp³-hybridized carbons (Fsp3) is 0.467. The largest absolute Gasteiger partial charge is 0.481 e. The number of carbonyl (C=O) groups excluding carboxylic acids is 1. The summed E-state index contributed by atoms with van der Waals surface area (Å²) in [5.74, 6) is -0.767. The average Bonchev–Trinajstić information content (AvgIpc) is 3.21. The highest BCUT2D eigenvalue weighted by Crippen LogP contribution is 2.45. The number of carbonyl (C=O) groups is 2. The van der Waals surface area contributed by atoms with E-state index in [0.717, 1.165) is 5.56 Å². The highest BCUT2D eigenvalue weighted by atomic mass is 35.5. The van der Waals surface area contributed by atoms with Crippen LogP contribution in [0.25, 0.3) is 0 Å². The zero-order chi connectivity index (χ0) is 15.6. The second-order valence-electron chi connectivity index (χ2n) is 5.50. The number of rotatable bonds is 6. The molecule has 21 heavy (non-hydrogen) atoms. The molecule has 1 unspecified atom stereocenters. The molecule has 1 atom stereocenters.